The molecule has 64 heavy (non-hydrogen) atoms. The van der Waals surface area contributed by atoms with Gasteiger partial charge in [0.15, 0.2) is 23.7 Å². The number of carboxylic acid groups (broad SMARTS) is 1. The molecule has 0 unspecified atom stereocenters. The van der Waals surface area contributed by atoms with Crippen molar-refractivity contribution in [1.82, 2.24) is 0 Å². The molecule has 7 fully saturated rings. The Morgan fingerprint density at radius 1 is 0.781 bits per heavy atom. The Morgan fingerprint density at radius 3 is 2.11 bits per heavy atom. The van der Waals surface area contributed by atoms with Gasteiger partial charge in [0.25, 0.3) is 0 Å². The van der Waals surface area contributed by atoms with Crippen molar-refractivity contribution in [2.45, 2.75) is 234 Å². The van der Waals surface area contributed by atoms with E-state index in [0.29, 0.717) is 38.5 Å². The monoisotopic (exact) mass is 916 g/mol. The highest BCUT2D eigenvalue weighted by Gasteiger charge is 2.63. The molecule has 0 radical (unpaired) electrons. The van der Waals surface area contributed by atoms with Crippen LogP contribution < -0.4 is 5.11 Å². The van der Waals surface area contributed by atoms with Crippen molar-refractivity contribution in [2.75, 3.05) is 28.4 Å². The predicted molar refractivity (Wildman–Crippen MR) is 225 cm³/mol. The van der Waals surface area contributed by atoms with Crippen molar-refractivity contribution in [3.63, 3.8) is 0 Å². The summed E-state index contributed by atoms with van der Waals surface area (Å²) in [5.74, 6) is -7.58. The van der Waals surface area contributed by atoms with Crippen molar-refractivity contribution in [2.24, 2.45) is 29.6 Å². The Labute approximate surface area is 379 Å². The smallest absolute Gasteiger partial charge is 0.176 e. The Hall–Kier alpha value is -1.13. The van der Waals surface area contributed by atoms with Crippen LogP contribution >= 0.6 is 0 Å². The summed E-state index contributed by atoms with van der Waals surface area (Å²) in [6.07, 6.45) is -3.46. The summed E-state index contributed by atoms with van der Waals surface area (Å²) in [6, 6.07) is 0. The summed E-state index contributed by atoms with van der Waals surface area (Å²) < 4.78 is 77.5. The lowest BCUT2D eigenvalue weighted by Crippen LogP contribution is -2.66. The van der Waals surface area contributed by atoms with Crippen molar-refractivity contribution < 1.29 is 82.1 Å². The van der Waals surface area contributed by atoms with Gasteiger partial charge >= 0.3 is 0 Å². The van der Waals surface area contributed by atoms with E-state index in [9.17, 15) is 25.2 Å². The highest BCUT2D eigenvalue weighted by atomic mass is 16.7. The predicted octanol–water partition coefficient (Wildman–Crippen LogP) is 2.98. The molecule has 0 aromatic heterocycles. The highest BCUT2D eigenvalue weighted by molar-refractivity contribution is 5.65. The number of carbonyl (C=O) groups is 1. The zero-order valence-electron chi connectivity index (χ0n) is 40.4. The van der Waals surface area contributed by atoms with E-state index in [1.165, 1.54) is 14.2 Å². The Kier molecular flexibility index (Phi) is 15.1. The molecule has 1 spiro atoms. The second kappa shape index (κ2) is 19.0. The van der Waals surface area contributed by atoms with Crippen molar-refractivity contribution in [3.8, 4) is 0 Å². The van der Waals surface area contributed by atoms with Crippen molar-refractivity contribution in [3.05, 3.63) is 0 Å². The summed E-state index contributed by atoms with van der Waals surface area (Å²) in [5, 5.41) is 46.4. The number of methoxy groups -OCH3 is 4. The maximum absolute atomic E-state index is 11.8. The van der Waals surface area contributed by atoms with Crippen LogP contribution in [0, 0.1) is 29.6 Å². The molecule has 3 N–H and O–H groups in total. The molecule has 0 amide bonds. The van der Waals surface area contributed by atoms with Crippen LogP contribution in [0.2, 0.25) is 0 Å². The van der Waals surface area contributed by atoms with Crippen LogP contribution in [0.3, 0.4) is 0 Å². The first kappa shape index (κ1) is 50.7. The molecule has 7 heterocycles. The summed E-state index contributed by atoms with van der Waals surface area (Å²) in [5.41, 5.74) is -1.61. The second-order valence-corrected chi connectivity index (χ2v) is 21.3. The standard InChI is InChI=1S/C47H80O17/c1-23-18-24(2)45(9,51)61-36(23)31-19-32(58-35-20-30(53-10)40(55-12)28(6)57-35)42(59-31)44(8)15-14-33(60-44)43(7)16-17-46(64-43)21-29(48)25(3)37(62-46)26(4)38-41(56-13)39(54-11)27(5)47(52,63-38)22-34(49)50/h23-33,35-42,48,51-52H,14-22H2,1-13H3,(H,49,50)/p-1/t23-,24+,25-,26+,27+,28+,29+,30+,31-,32+,33+,35-,36-,37+,38+,39+,40+,41+,42-,43-,44-,45-,46+,47-/m0/s1. The van der Waals surface area contributed by atoms with Crippen LogP contribution in [0.1, 0.15) is 120 Å². The fourth-order valence-corrected chi connectivity index (χ4v) is 12.7. The van der Waals surface area contributed by atoms with Crippen molar-refractivity contribution in [1.29, 1.82) is 0 Å². The molecule has 0 aromatic carbocycles. The van der Waals surface area contributed by atoms with Gasteiger partial charge in [0, 0.05) is 90.2 Å². The van der Waals surface area contributed by atoms with E-state index in [4.69, 9.17) is 56.8 Å². The molecule has 17 heteroatoms. The van der Waals surface area contributed by atoms with Crippen LogP contribution in [0.25, 0.3) is 0 Å². The number of carboxylic acids is 1. The van der Waals surface area contributed by atoms with E-state index < -0.39 is 102 Å². The van der Waals surface area contributed by atoms with Crippen LogP contribution in [0.15, 0.2) is 0 Å². The number of carbonyl (C=O) groups excluding carboxylic acids is 1. The third kappa shape index (κ3) is 9.46. The van der Waals surface area contributed by atoms with E-state index in [-0.39, 0.29) is 60.8 Å². The average molecular weight is 916 g/mol. The van der Waals surface area contributed by atoms with Gasteiger partial charge in [-0.1, -0.05) is 34.6 Å². The third-order valence-electron chi connectivity index (χ3n) is 16.8. The zero-order valence-corrected chi connectivity index (χ0v) is 40.4. The lowest BCUT2D eigenvalue weighted by atomic mass is 9.75. The molecule has 370 valence electrons. The normalized spacial score (nSPS) is 54.1. The lowest BCUT2D eigenvalue weighted by molar-refractivity contribution is -0.373. The number of rotatable bonds is 13. The second-order valence-electron chi connectivity index (χ2n) is 21.3. The SMILES string of the molecule is CO[C@@H]1[C@@H]([C@H](C)[C@@H]2O[C@@]3(CC[C@@](C)([C@H]4CC[C@@](C)([C@H]5O[C@H]([C@H]6O[C@](C)(O)[C@H](C)C[C@@H]6C)C[C@H]5O[C@H]5C[C@@H](OC)[C@H](OC)[C@@H](C)O5)O4)O3)C[C@@H](O)[C@@H]2C)O[C@@](O)(CC(=O)[O-])[C@H](C)[C@H]1OC. The third-order valence-corrected chi connectivity index (χ3v) is 16.8. The number of ether oxygens (including phenoxy) is 12. The first-order valence-corrected chi connectivity index (χ1v) is 23.8. The number of aliphatic carboxylic acids is 1. The molecule has 7 aliphatic heterocycles. The average Bonchev–Trinajstić information content (AvgIpc) is 3.94. The number of aliphatic hydroxyl groups is 3. The van der Waals surface area contributed by atoms with E-state index in [1.54, 1.807) is 28.1 Å². The topological polar surface area (TPSA) is 212 Å². The van der Waals surface area contributed by atoms with Gasteiger partial charge < -0.3 is 82.1 Å². The largest absolute Gasteiger partial charge is 0.550 e. The van der Waals surface area contributed by atoms with Crippen LogP contribution in [-0.4, -0.2) is 164 Å². The van der Waals surface area contributed by atoms with Gasteiger partial charge in [-0.25, -0.2) is 0 Å². The van der Waals surface area contributed by atoms with E-state index in [0.717, 1.165) is 6.42 Å². The summed E-state index contributed by atoms with van der Waals surface area (Å²) in [7, 11) is 6.34. The van der Waals surface area contributed by atoms with Gasteiger partial charge in [-0.05, 0) is 59.3 Å². The lowest BCUT2D eigenvalue weighted by Gasteiger charge is -2.54. The van der Waals surface area contributed by atoms with Gasteiger partial charge in [-0.15, -0.1) is 0 Å². The van der Waals surface area contributed by atoms with Crippen LogP contribution in [0.5, 0.6) is 0 Å². The molecule has 7 rings (SSSR count). The molecule has 0 aromatic rings. The molecule has 7 aliphatic rings. The Bertz CT molecular complexity index is 1600. The molecule has 0 aliphatic carbocycles. The summed E-state index contributed by atoms with van der Waals surface area (Å²) in [4.78, 5) is 11.8. The minimum atomic E-state index is -2.09. The van der Waals surface area contributed by atoms with Crippen LogP contribution in [-0.2, 0) is 61.6 Å². The molecule has 0 bridgehead atoms. The minimum absolute atomic E-state index is 0.0426. The highest BCUT2D eigenvalue weighted by Crippen LogP contribution is 2.55. The number of hydrogen-bond acceptors (Lipinski definition) is 17. The Balaban J connectivity index is 1.09. The van der Waals surface area contributed by atoms with Crippen molar-refractivity contribution >= 4 is 5.97 Å². The first-order valence-electron chi connectivity index (χ1n) is 23.8. The minimum Gasteiger partial charge on any atom is -0.550 e. The number of hydrogen-bond donors (Lipinski definition) is 3. The zero-order chi connectivity index (χ0) is 46.9. The maximum atomic E-state index is 11.8. The first-order chi connectivity index (χ1) is 30.0. The van der Waals surface area contributed by atoms with Gasteiger partial charge in [0.05, 0.1) is 72.2 Å². The molecular formula is C47H79O17-. The maximum Gasteiger partial charge on any atom is 0.176 e. The summed E-state index contributed by atoms with van der Waals surface area (Å²) >= 11 is 0. The van der Waals surface area contributed by atoms with Gasteiger partial charge in [0.2, 0.25) is 0 Å². The Morgan fingerprint density at radius 2 is 1.47 bits per heavy atom. The van der Waals surface area contributed by atoms with E-state index in [1.807, 2.05) is 34.6 Å². The molecule has 7 saturated heterocycles. The molecule has 0 saturated carbocycles. The molecular weight excluding hydrogens is 837 g/mol. The van der Waals surface area contributed by atoms with Gasteiger partial charge in [0.1, 0.15) is 18.3 Å². The van der Waals surface area contributed by atoms with Gasteiger partial charge in [-0.2, -0.15) is 0 Å². The van der Waals surface area contributed by atoms with E-state index >= 15 is 0 Å². The quantitative estimate of drug-likeness (QED) is 0.242. The fourth-order valence-electron chi connectivity index (χ4n) is 12.7. The molecule has 24 atom stereocenters. The number of aliphatic hydroxyl groups excluding tert-OH is 1. The van der Waals surface area contributed by atoms with E-state index in [2.05, 4.69) is 13.8 Å². The van der Waals surface area contributed by atoms with Crippen LogP contribution in [0.4, 0.5) is 0 Å². The molecule has 17 nitrogen and oxygen atoms in total. The summed E-state index contributed by atoms with van der Waals surface area (Å²) in [6.45, 7) is 17.4. The fraction of sp³-hybridized carbons (Fsp3) is 0.979. The van der Waals surface area contributed by atoms with Gasteiger partial charge in [-0.3, -0.25) is 0 Å².